The zero-order valence-electron chi connectivity index (χ0n) is 7.05. The summed E-state index contributed by atoms with van der Waals surface area (Å²) in [6.07, 6.45) is 5.55. The van der Waals surface area contributed by atoms with Gasteiger partial charge in [-0.05, 0) is 32.9 Å². The van der Waals surface area contributed by atoms with Gasteiger partial charge in [0, 0.05) is 11.4 Å². The Kier molecular flexibility index (Phi) is 6.98. The van der Waals surface area contributed by atoms with Gasteiger partial charge < -0.3 is 4.90 Å². The number of halogens is 2. The van der Waals surface area contributed by atoms with Gasteiger partial charge in [-0.25, -0.2) is 0 Å². The highest BCUT2D eigenvalue weighted by Crippen LogP contribution is 2.17. The molecule has 0 aliphatic carbocycles. The topological polar surface area (TPSA) is 3.24 Å². The fourth-order valence-corrected chi connectivity index (χ4v) is 2.16. The molecule has 0 aromatic rings. The van der Waals surface area contributed by atoms with Crippen molar-refractivity contribution in [2.75, 3.05) is 18.9 Å². The third-order valence-corrected chi connectivity index (χ3v) is 2.82. The lowest BCUT2D eigenvalue weighted by Gasteiger charge is -2.31. The van der Waals surface area contributed by atoms with Crippen LogP contribution in [0.25, 0.3) is 0 Å². The molecule has 1 aliphatic rings. The van der Waals surface area contributed by atoms with Crippen LogP contribution in [-0.4, -0.2) is 29.9 Å². The van der Waals surface area contributed by atoms with E-state index in [2.05, 4.69) is 27.9 Å². The molecule has 1 unspecified atom stereocenters. The molecule has 1 heterocycles. The normalized spacial score (nSPS) is 26.2. The van der Waals surface area contributed by atoms with Gasteiger partial charge in [0.25, 0.3) is 0 Å². The molecule has 11 heavy (non-hydrogen) atoms. The Morgan fingerprint density at radius 2 is 2.18 bits per heavy atom. The van der Waals surface area contributed by atoms with E-state index in [1.54, 1.807) is 0 Å². The monoisotopic (exact) mass is 285 g/mol. The fourth-order valence-electron chi connectivity index (χ4n) is 1.63. The Bertz CT molecular complexity index is 96.1. The first kappa shape index (κ1) is 11.9. The van der Waals surface area contributed by atoms with Crippen LogP contribution < -0.4 is 0 Å². The van der Waals surface area contributed by atoms with E-state index in [-0.39, 0.29) is 17.0 Å². The smallest absolute Gasteiger partial charge is 0.0100 e. The van der Waals surface area contributed by atoms with E-state index < -0.39 is 0 Å². The molecule has 0 saturated carbocycles. The summed E-state index contributed by atoms with van der Waals surface area (Å²) in [4.78, 5) is 2.49. The largest absolute Gasteiger partial charge is 0.303 e. The lowest BCUT2D eigenvalue weighted by molar-refractivity contribution is 0.182. The summed E-state index contributed by atoms with van der Waals surface area (Å²) < 4.78 is 0. The molecule has 68 valence electrons. The van der Waals surface area contributed by atoms with Gasteiger partial charge in [-0.15, -0.1) is 17.0 Å². The average Bonchev–Trinajstić information content (AvgIpc) is 1.94. The van der Waals surface area contributed by atoms with Crippen molar-refractivity contribution in [2.45, 2.75) is 31.7 Å². The molecule has 1 aliphatic heterocycles. The third kappa shape index (κ3) is 3.90. The molecule has 0 bridgehead atoms. The predicted octanol–water partition coefficient (Wildman–Crippen LogP) is 2.83. The maximum atomic E-state index is 3.49. The maximum absolute atomic E-state index is 3.49. The number of piperidine rings is 1. The van der Waals surface area contributed by atoms with E-state index in [0.717, 1.165) is 11.4 Å². The van der Waals surface area contributed by atoms with Gasteiger partial charge in [0.05, 0.1) is 0 Å². The number of likely N-dealkylation sites (tertiary alicyclic amines) is 1. The van der Waals surface area contributed by atoms with Crippen LogP contribution in [0.1, 0.15) is 25.7 Å². The second-order valence-electron chi connectivity index (χ2n) is 3.11. The minimum atomic E-state index is 0. The Labute approximate surface area is 88.4 Å². The molecule has 3 heteroatoms. The Balaban J connectivity index is 0.000001000. The van der Waals surface area contributed by atoms with Gasteiger partial charge in [0.1, 0.15) is 0 Å². The molecule has 1 saturated heterocycles. The van der Waals surface area contributed by atoms with E-state index >= 15 is 0 Å². The summed E-state index contributed by atoms with van der Waals surface area (Å²) >= 11 is 3.49. The Morgan fingerprint density at radius 3 is 2.73 bits per heavy atom. The van der Waals surface area contributed by atoms with Crippen LogP contribution in [0.3, 0.4) is 0 Å². The molecule has 0 amide bonds. The van der Waals surface area contributed by atoms with Gasteiger partial charge in [0.2, 0.25) is 0 Å². The quantitative estimate of drug-likeness (QED) is 0.706. The van der Waals surface area contributed by atoms with Crippen molar-refractivity contribution in [3.05, 3.63) is 0 Å². The van der Waals surface area contributed by atoms with Crippen LogP contribution in [0.4, 0.5) is 0 Å². The summed E-state index contributed by atoms with van der Waals surface area (Å²) in [5.41, 5.74) is 0. The molecule has 0 spiro atoms. The second-order valence-corrected chi connectivity index (χ2v) is 3.90. The van der Waals surface area contributed by atoms with Crippen LogP contribution in [-0.2, 0) is 0 Å². The summed E-state index contributed by atoms with van der Waals surface area (Å²) in [5, 5.41) is 1.15. The standard InChI is InChI=1S/C8H16BrN.BrH/c1-10-7-3-2-4-8(10)5-6-9;/h8H,2-7H2,1H3;1H. The first-order valence-electron chi connectivity index (χ1n) is 4.11. The molecule has 0 N–H and O–H groups in total. The minimum absolute atomic E-state index is 0. The van der Waals surface area contributed by atoms with Gasteiger partial charge >= 0.3 is 0 Å². The lowest BCUT2D eigenvalue weighted by atomic mass is 10.0. The molecular weight excluding hydrogens is 270 g/mol. The lowest BCUT2D eigenvalue weighted by Crippen LogP contribution is -2.36. The highest BCUT2D eigenvalue weighted by atomic mass is 79.9. The van der Waals surface area contributed by atoms with Crippen molar-refractivity contribution in [1.82, 2.24) is 4.90 Å². The van der Waals surface area contributed by atoms with Crippen molar-refractivity contribution in [3.8, 4) is 0 Å². The molecule has 0 aromatic heterocycles. The first-order chi connectivity index (χ1) is 4.84. The summed E-state index contributed by atoms with van der Waals surface area (Å²) in [6, 6.07) is 0.855. The molecule has 1 atom stereocenters. The van der Waals surface area contributed by atoms with Gasteiger partial charge in [0.15, 0.2) is 0 Å². The van der Waals surface area contributed by atoms with Crippen LogP contribution in [0.15, 0.2) is 0 Å². The van der Waals surface area contributed by atoms with Gasteiger partial charge in [-0.2, -0.15) is 0 Å². The highest BCUT2D eigenvalue weighted by Gasteiger charge is 2.17. The maximum Gasteiger partial charge on any atom is 0.0100 e. The van der Waals surface area contributed by atoms with Crippen LogP contribution >= 0.6 is 32.9 Å². The van der Waals surface area contributed by atoms with Crippen molar-refractivity contribution in [2.24, 2.45) is 0 Å². The molecule has 1 nitrogen and oxygen atoms in total. The number of hydrogen-bond donors (Lipinski definition) is 0. The Morgan fingerprint density at radius 1 is 1.45 bits per heavy atom. The average molecular weight is 287 g/mol. The molecule has 1 rings (SSSR count). The summed E-state index contributed by atoms with van der Waals surface area (Å²) in [5.74, 6) is 0. The summed E-state index contributed by atoms with van der Waals surface area (Å²) in [7, 11) is 2.24. The molecule has 0 aromatic carbocycles. The van der Waals surface area contributed by atoms with Crippen LogP contribution in [0.2, 0.25) is 0 Å². The van der Waals surface area contributed by atoms with Crippen LogP contribution in [0.5, 0.6) is 0 Å². The van der Waals surface area contributed by atoms with Gasteiger partial charge in [-0.1, -0.05) is 22.4 Å². The predicted molar refractivity (Wildman–Crippen MR) is 59.0 cm³/mol. The van der Waals surface area contributed by atoms with Crippen molar-refractivity contribution >= 4 is 32.9 Å². The zero-order valence-corrected chi connectivity index (χ0v) is 10.4. The number of nitrogens with zero attached hydrogens (tertiary/aromatic N) is 1. The van der Waals surface area contributed by atoms with Crippen LogP contribution in [0, 0.1) is 0 Å². The number of hydrogen-bond acceptors (Lipinski definition) is 1. The number of rotatable bonds is 2. The van der Waals surface area contributed by atoms with Crippen molar-refractivity contribution < 1.29 is 0 Å². The van der Waals surface area contributed by atoms with E-state index in [9.17, 15) is 0 Å². The fraction of sp³-hybridized carbons (Fsp3) is 1.00. The van der Waals surface area contributed by atoms with E-state index in [0.29, 0.717) is 0 Å². The van der Waals surface area contributed by atoms with Crippen molar-refractivity contribution in [1.29, 1.82) is 0 Å². The highest BCUT2D eigenvalue weighted by molar-refractivity contribution is 9.09. The zero-order chi connectivity index (χ0) is 7.40. The first-order valence-corrected chi connectivity index (χ1v) is 5.23. The molecular formula is C8H17Br2N. The van der Waals surface area contributed by atoms with E-state index in [1.165, 1.54) is 32.2 Å². The van der Waals surface area contributed by atoms with E-state index in [4.69, 9.17) is 0 Å². The minimum Gasteiger partial charge on any atom is -0.303 e. The molecule has 1 fully saturated rings. The van der Waals surface area contributed by atoms with Gasteiger partial charge in [-0.3, -0.25) is 0 Å². The third-order valence-electron chi connectivity index (χ3n) is 2.36. The summed E-state index contributed by atoms with van der Waals surface area (Å²) in [6.45, 7) is 1.30. The van der Waals surface area contributed by atoms with Crippen molar-refractivity contribution in [3.63, 3.8) is 0 Å². The number of alkyl halides is 1. The molecule has 0 radical (unpaired) electrons. The Hall–Kier alpha value is 0.920. The van der Waals surface area contributed by atoms with E-state index in [1.807, 2.05) is 0 Å². The second kappa shape index (κ2) is 6.44. The SMILES string of the molecule is Br.CN1CCCCC1CCBr.